The molecule has 0 aromatic heterocycles. The van der Waals surface area contributed by atoms with E-state index in [4.69, 9.17) is 14.6 Å². The van der Waals surface area contributed by atoms with Crippen molar-refractivity contribution in [1.29, 1.82) is 0 Å². The Labute approximate surface area is 439 Å². The van der Waals surface area contributed by atoms with Crippen LogP contribution < -0.4 is 26.6 Å². The molecule has 17 heteroatoms. The van der Waals surface area contributed by atoms with Crippen LogP contribution in [0.5, 0.6) is 0 Å². The lowest BCUT2D eigenvalue weighted by Gasteiger charge is -2.38. The second-order valence-electron chi connectivity index (χ2n) is 21.8. The summed E-state index contributed by atoms with van der Waals surface area (Å²) in [6, 6.07) is 27.7. The number of halogens is 2. The van der Waals surface area contributed by atoms with Gasteiger partial charge in [0.25, 0.3) is 0 Å². The van der Waals surface area contributed by atoms with Crippen molar-refractivity contribution in [3.8, 4) is 0 Å². The SMILES string of the molecule is CC(C)(C)OC(=O)N[C@@H](CC(=O)N1Cc2ccccc2C[C@H]1CNC(=O)C1CC1)Cc1ccccc1F.CC(C)(C)OC(=O)N[C@@H](CC(=O)O)Cc1ccccc1F.O=C(NC[C@@H]1Cc2ccccc2CN1)C1CC1. The van der Waals surface area contributed by atoms with Crippen molar-refractivity contribution in [1.82, 2.24) is 31.5 Å². The number of carboxylic acids is 1. The third-order valence-corrected chi connectivity index (χ3v) is 12.9. The lowest BCUT2D eigenvalue weighted by atomic mass is 9.92. The van der Waals surface area contributed by atoms with E-state index >= 15 is 0 Å². The number of nitrogens with zero attached hydrogens (tertiary/aromatic N) is 1. The molecule has 75 heavy (non-hydrogen) atoms. The fraction of sp³-hybridized carbons (Fsp3) is 0.483. The summed E-state index contributed by atoms with van der Waals surface area (Å²) in [6.07, 6.45) is 4.14. The smallest absolute Gasteiger partial charge is 0.407 e. The first kappa shape index (κ1) is 57.4. The fourth-order valence-electron chi connectivity index (χ4n) is 8.84. The second-order valence-corrected chi connectivity index (χ2v) is 21.8. The van der Waals surface area contributed by atoms with Gasteiger partial charge in [-0.05, 0) is 138 Å². The van der Waals surface area contributed by atoms with Gasteiger partial charge in [-0.25, -0.2) is 18.4 Å². The van der Waals surface area contributed by atoms with Gasteiger partial charge in [-0.2, -0.15) is 0 Å². The minimum atomic E-state index is -1.08. The average molecular weight is 1040 g/mol. The van der Waals surface area contributed by atoms with Crippen LogP contribution in [-0.2, 0) is 67.4 Å². The summed E-state index contributed by atoms with van der Waals surface area (Å²) in [5.74, 6) is -1.39. The summed E-state index contributed by atoms with van der Waals surface area (Å²) >= 11 is 0. The lowest BCUT2D eigenvalue weighted by molar-refractivity contribution is -0.137. The van der Waals surface area contributed by atoms with Crippen molar-refractivity contribution in [2.75, 3.05) is 13.1 Å². The van der Waals surface area contributed by atoms with Crippen molar-refractivity contribution in [3.63, 3.8) is 0 Å². The van der Waals surface area contributed by atoms with Crippen LogP contribution in [0.3, 0.4) is 0 Å². The van der Waals surface area contributed by atoms with Crippen LogP contribution in [0, 0.1) is 23.5 Å². The number of carboxylic acid groups (broad SMARTS) is 1. The molecule has 2 heterocycles. The maximum atomic E-state index is 14.4. The largest absolute Gasteiger partial charge is 0.481 e. The molecular weight excluding hydrogens is 963 g/mol. The molecular formula is C58H74F2N6O9. The Morgan fingerprint density at radius 2 is 1.05 bits per heavy atom. The van der Waals surface area contributed by atoms with E-state index in [1.165, 1.54) is 23.3 Å². The van der Waals surface area contributed by atoms with E-state index in [1.54, 1.807) is 82.8 Å². The van der Waals surface area contributed by atoms with Crippen LogP contribution in [0.2, 0.25) is 0 Å². The Balaban J connectivity index is 0.000000202. The van der Waals surface area contributed by atoms with E-state index < -0.39 is 53.1 Å². The number of carbonyl (C=O) groups excluding carboxylic acids is 5. The summed E-state index contributed by atoms with van der Waals surface area (Å²) in [4.78, 5) is 74.5. The zero-order valence-corrected chi connectivity index (χ0v) is 44.0. The maximum absolute atomic E-state index is 14.4. The van der Waals surface area contributed by atoms with Gasteiger partial charge >= 0.3 is 18.2 Å². The van der Waals surface area contributed by atoms with Gasteiger partial charge in [0.15, 0.2) is 0 Å². The molecule has 0 bridgehead atoms. The molecule has 4 atom stereocenters. The van der Waals surface area contributed by atoms with Gasteiger partial charge in [0, 0.05) is 62.6 Å². The van der Waals surface area contributed by atoms with Crippen molar-refractivity contribution in [2.45, 2.75) is 154 Å². The predicted molar refractivity (Wildman–Crippen MR) is 280 cm³/mol. The normalized spacial score (nSPS) is 17.6. The number of fused-ring (bicyclic) bond motifs is 2. The molecule has 2 saturated carbocycles. The third kappa shape index (κ3) is 19.7. The summed E-state index contributed by atoms with van der Waals surface area (Å²) < 4.78 is 38.5. The Kier molecular flexibility index (Phi) is 20.3. The molecule has 8 rings (SSSR count). The Morgan fingerprint density at radius 3 is 1.53 bits per heavy atom. The quantitative estimate of drug-likeness (QED) is 0.0637. The molecule has 15 nitrogen and oxygen atoms in total. The number of carbonyl (C=O) groups is 6. The molecule has 0 unspecified atom stereocenters. The van der Waals surface area contributed by atoms with Gasteiger partial charge in [-0.3, -0.25) is 19.2 Å². The maximum Gasteiger partial charge on any atom is 0.407 e. The first-order valence-corrected chi connectivity index (χ1v) is 26.0. The first-order valence-electron chi connectivity index (χ1n) is 26.0. The van der Waals surface area contributed by atoms with Crippen LogP contribution in [0.15, 0.2) is 97.1 Å². The van der Waals surface area contributed by atoms with Gasteiger partial charge in [-0.15, -0.1) is 0 Å². The van der Waals surface area contributed by atoms with Crippen LogP contribution in [-0.4, -0.2) is 94.3 Å². The van der Waals surface area contributed by atoms with Crippen LogP contribution in [0.25, 0.3) is 0 Å². The second kappa shape index (κ2) is 26.6. The van der Waals surface area contributed by atoms with E-state index in [-0.39, 0.29) is 55.4 Å². The lowest BCUT2D eigenvalue weighted by Crippen LogP contribution is -2.52. The third-order valence-electron chi connectivity index (χ3n) is 12.9. The first-order chi connectivity index (χ1) is 35.6. The number of amides is 5. The number of hydrogen-bond acceptors (Lipinski definition) is 9. The molecule has 6 N–H and O–H groups in total. The molecule has 0 saturated heterocycles. The molecule has 2 aliphatic carbocycles. The number of rotatable bonds is 16. The van der Waals surface area contributed by atoms with Crippen LogP contribution in [0.1, 0.15) is 113 Å². The highest BCUT2D eigenvalue weighted by Crippen LogP contribution is 2.30. The number of alkyl carbamates (subject to hydrolysis) is 2. The zero-order chi connectivity index (χ0) is 54.3. The van der Waals surface area contributed by atoms with Crippen LogP contribution in [0.4, 0.5) is 18.4 Å². The van der Waals surface area contributed by atoms with E-state index in [9.17, 15) is 37.5 Å². The number of aliphatic carboxylic acids is 1. The van der Waals surface area contributed by atoms with Crippen molar-refractivity contribution >= 4 is 35.9 Å². The Bertz CT molecular complexity index is 2610. The topological polar surface area (TPSA) is 204 Å². The van der Waals surface area contributed by atoms with Crippen molar-refractivity contribution in [2.24, 2.45) is 11.8 Å². The van der Waals surface area contributed by atoms with Crippen molar-refractivity contribution < 1.29 is 52.1 Å². The average Bonchev–Trinajstić information content (AvgIpc) is 4.28. The van der Waals surface area contributed by atoms with Crippen molar-refractivity contribution in [3.05, 3.63) is 142 Å². The van der Waals surface area contributed by atoms with E-state index in [0.717, 1.165) is 56.3 Å². The molecule has 0 radical (unpaired) electrons. The molecule has 2 aliphatic heterocycles. The van der Waals surface area contributed by atoms with E-state index in [1.807, 2.05) is 18.2 Å². The molecule has 4 aromatic rings. The highest BCUT2D eigenvalue weighted by atomic mass is 19.1. The van der Waals surface area contributed by atoms with Crippen LogP contribution >= 0.6 is 0 Å². The van der Waals surface area contributed by atoms with Gasteiger partial charge in [0.2, 0.25) is 17.7 Å². The van der Waals surface area contributed by atoms with E-state index in [2.05, 4.69) is 56.9 Å². The summed E-state index contributed by atoms with van der Waals surface area (Å²) in [5, 5.41) is 23.7. The summed E-state index contributed by atoms with van der Waals surface area (Å²) in [7, 11) is 0. The Morgan fingerprint density at radius 1 is 0.613 bits per heavy atom. The van der Waals surface area contributed by atoms with Gasteiger partial charge in [-0.1, -0.05) is 84.9 Å². The minimum Gasteiger partial charge on any atom is -0.481 e. The zero-order valence-electron chi connectivity index (χ0n) is 44.0. The monoisotopic (exact) mass is 1040 g/mol. The molecule has 4 aromatic carbocycles. The number of benzene rings is 4. The number of ether oxygens (including phenoxy) is 2. The van der Waals surface area contributed by atoms with E-state index in [0.29, 0.717) is 42.6 Å². The van der Waals surface area contributed by atoms with Gasteiger partial charge in [0.05, 0.1) is 12.5 Å². The standard InChI is InChI=1S/C29H36FN3O4.C15H20FNO4.C14H18N2O/c1-29(2,3)37-28(36)32-23(14-21-9-6-7-11-25(21)30)16-26(34)33-18-22-10-5-4-8-20(22)15-24(33)17-31-27(35)19-12-13-19;1-15(2,3)21-14(20)17-11(9-13(18)19)8-10-6-4-5-7-12(10)16;17-14(10-5-6-10)16-9-13-7-11-3-1-2-4-12(11)8-15-13/h4-11,19,23-24H,12-18H2,1-3H3,(H,31,35)(H,32,36);4-7,11H,8-9H2,1-3H3,(H,17,20)(H,18,19);1-4,10,13,15H,5-9H2,(H,16,17)/t23-,24+;11-;13-/m110/s1. The molecule has 4 aliphatic rings. The summed E-state index contributed by atoms with van der Waals surface area (Å²) in [6.45, 7) is 12.8. The molecule has 0 spiro atoms. The highest BCUT2D eigenvalue weighted by Gasteiger charge is 2.35. The number of nitrogens with one attached hydrogen (secondary N) is 5. The fourth-order valence-corrected chi connectivity index (χ4v) is 8.84. The van der Waals surface area contributed by atoms with Gasteiger partial charge in [0.1, 0.15) is 22.8 Å². The Hall–Kier alpha value is -6.88. The van der Waals surface area contributed by atoms with Gasteiger partial charge < -0.3 is 46.1 Å². The molecule has 5 amide bonds. The number of hydrogen-bond donors (Lipinski definition) is 6. The predicted octanol–water partition coefficient (Wildman–Crippen LogP) is 8.09. The molecule has 2 fully saturated rings. The summed E-state index contributed by atoms with van der Waals surface area (Å²) in [5.41, 5.74) is 4.38. The molecule has 404 valence electrons. The highest BCUT2D eigenvalue weighted by molar-refractivity contribution is 5.82. The minimum absolute atomic E-state index is 0.0250.